The minimum Gasteiger partial charge on any atom is -0.396 e. The molecule has 26 heavy (non-hydrogen) atoms. The van der Waals surface area contributed by atoms with Gasteiger partial charge in [-0.3, -0.25) is 4.79 Å². The summed E-state index contributed by atoms with van der Waals surface area (Å²) in [6.07, 6.45) is 6.79. The van der Waals surface area contributed by atoms with Gasteiger partial charge in [0, 0.05) is 25.4 Å². The number of amides is 1. The summed E-state index contributed by atoms with van der Waals surface area (Å²) in [7, 11) is 0. The molecule has 1 fully saturated rings. The van der Waals surface area contributed by atoms with E-state index in [1.165, 1.54) is 19.3 Å². The van der Waals surface area contributed by atoms with Gasteiger partial charge in [0.05, 0.1) is 0 Å². The number of aliphatic hydroxyl groups excluding tert-OH is 1. The summed E-state index contributed by atoms with van der Waals surface area (Å²) < 4.78 is 0. The largest absolute Gasteiger partial charge is 0.396 e. The van der Waals surface area contributed by atoms with Crippen LogP contribution in [0, 0.1) is 5.41 Å². The Kier molecular flexibility index (Phi) is 8.41. The van der Waals surface area contributed by atoms with E-state index < -0.39 is 0 Å². The van der Waals surface area contributed by atoms with E-state index in [0.29, 0.717) is 5.96 Å². The Morgan fingerprint density at radius 3 is 2.54 bits per heavy atom. The Balaban J connectivity index is 1.89. The van der Waals surface area contributed by atoms with Gasteiger partial charge < -0.3 is 21.1 Å². The van der Waals surface area contributed by atoms with Crippen LogP contribution in [0.4, 0.5) is 5.69 Å². The molecule has 1 aromatic rings. The molecule has 1 amide bonds. The van der Waals surface area contributed by atoms with Gasteiger partial charge in [-0.25, -0.2) is 4.99 Å². The number of para-hydroxylation sites is 1. The van der Waals surface area contributed by atoms with Crippen molar-refractivity contribution in [1.29, 1.82) is 0 Å². The van der Waals surface area contributed by atoms with Crippen molar-refractivity contribution in [2.45, 2.75) is 45.4 Å². The van der Waals surface area contributed by atoms with E-state index in [1.54, 1.807) is 0 Å². The summed E-state index contributed by atoms with van der Waals surface area (Å²) in [5.74, 6) is 0.509. The van der Waals surface area contributed by atoms with E-state index >= 15 is 0 Å². The lowest BCUT2D eigenvalue weighted by atomic mass is 9.72. The average molecular weight is 361 g/mol. The number of rotatable bonds is 8. The SMILES string of the molecule is CCNC(=NCC(=O)Nc1ccccc1)NCC1(CCO)CCCCC1. The maximum atomic E-state index is 12.1. The third-order valence-corrected chi connectivity index (χ3v) is 4.97. The lowest BCUT2D eigenvalue weighted by Crippen LogP contribution is -2.45. The van der Waals surface area contributed by atoms with E-state index in [1.807, 2.05) is 37.3 Å². The maximum Gasteiger partial charge on any atom is 0.246 e. The number of aliphatic imine (C=N–C) groups is 1. The van der Waals surface area contributed by atoms with Crippen LogP contribution in [0.2, 0.25) is 0 Å². The lowest BCUT2D eigenvalue weighted by Gasteiger charge is -2.37. The fraction of sp³-hybridized carbons (Fsp3) is 0.600. The molecule has 0 aliphatic heterocycles. The van der Waals surface area contributed by atoms with Crippen molar-refractivity contribution >= 4 is 17.6 Å². The fourth-order valence-electron chi connectivity index (χ4n) is 3.54. The van der Waals surface area contributed by atoms with Gasteiger partial charge >= 0.3 is 0 Å². The Labute approximate surface area is 156 Å². The van der Waals surface area contributed by atoms with E-state index in [-0.39, 0.29) is 24.5 Å². The number of benzene rings is 1. The van der Waals surface area contributed by atoms with Crippen molar-refractivity contribution in [1.82, 2.24) is 10.6 Å². The molecule has 1 aliphatic carbocycles. The smallest absolute Gasteiger partial charge is 0.246 e. The third-order valence-electron chi connectivity index (χ3n) is 4.97. The van der Waals surface area contributed by atoms with Crippen LogP contribution in [-0.2, 0) is 4.79 Å². The monoisotopic (exact) mass is 360 g/mol. The summed E-state index contributed by atoms with van der Waals surface area (Å²) >= 11 is 0. The number of carbonyl (C=O) groups excluding carboxylic acids is 1. The van der Waals surface area contributed by atoms with Gasteiger partial charge in [0.15, 0.2) is 5.96 Å². The normalized spacial score (nSPS) is 16.8. The zero-order valence-corrected chi connectivity index (χ0v) is 15.8. The predicted molar refractivity (Wildman–Crippen MR) is 106 cm³/mol. The highest BCUT2D eigenvalue weighted by atomic mass is 16.3. The topological polar surface area (TPSA) is 85.8 Å². The van der Waals surface area contributed by atoms with Gasteiger partial charge in [-0.2, -0.15) is 0 Å². The zero-order valence-electron chi connectivity index (χ0n) is 15.8. The number of hydrogen-bond acceptors (Lipinski definition) is 3. The molecule has 0 saturated heterocycles. The molecule has 2 rings (SSSR count). The molecule has 0 bridgehead atoms. The first-order chi connectivity index (χ1) is 12.7. The van der Waals surface area contributed by atoms with Crippen molar-refractivity contribution in [3.63, 3.8) is 0 Å². The molecule has 6 heteroatoms. The Morgan fingerprint density at radius 2 is 1.88 bits per heavy atom. The average Bonchev–Trinajstić information content (AvgIpc) is 2.66. The molecule has 0 spiro atoms. The second kappa shape index (κ2) is 10.8. The molecule has 6 nitrogen and oxygen atoms in total. The Morgan fingerprint density at radius 1 is 1.15 bits per heavy atom. The molecule has 0 heterocycles. The molecule has 4 N–H and O–H groups in total. The van der Waals surface area contributed by atoms with Gasteiger partial charge in [-0.1, -0.05) is 37.5 Å². The second-order valence-corrected chi connectivity index (χ2v) is 7.00. The number of guanidine groups is 1. The van der Waals surface area contributed by atoms with Crippen LogP contribution >= 0.6 is 0 Å². The number of hydrogen-bond donors (Lipinski definition) is 4. The molecule has 0 atom stereocenters. The van der Waals surface area contributed by atoms with E-state index in [2.05, 4.69) is 20.9 Å². The summed E-state index contributed by atoms with van der Waals surface area (Å²) in [4.78, 5) is 16.5. The number of anilines is 1. The van der Waals surface area contributed by atoms with E-state index in [0.717, 1.165) is 38.0 Å². The van der Waals surface area contributed by atoms with Crippen LogP contribution in [0.5, 0.6) is 0 Å². The summed E-state index contributed by atoms with van der Waals surface area (Å²) in [5.41, 5.74) is 0.907. The molecule has 0 aromatic heterocycles. The minimum atomic E-state index is -0.142. The number of nitrogens with one attached hydrogen (secondary N) is 3. The molecule has 1 aromatic carbocycles. The van der Waals surface area contributed by atoms with E-state index in [4.69, 9.17) is 0 Å². The lowest BCUT2D eigenvalue weighted by molar-refractivity contribution is -0.114. The van der Waals surface area contributed by atoms with Crippen molar-refractivity contribution in [2.24, 2.45) is 10.4 Å². The number of carbonyl (C=O) groups is 1. The van der Waals surface area contributed by atoms with Gasteiger partial charge in [0.1, 0.15) is 6.54 Å². The predicted octanol–water partition coefficient (Wildman–Crippen LogP) is 2.51. The van der Waals surface area contributed by atoms with Gasteiger partial charge in [0.2, 0.25) is 5.91 Å². The van der Waals surface area contributed by atoms with Gasteiger partial charge in [-0.15, -0.1) is 0 Å². The molecular weight excluding hydrogens is 328 g/mol. The highest BCUT2D eigenvalue weighted by Crippen LogP contribution is 2.38. The third kappa shape index (κ3) is 6.67. The van der Waals surface area contributed by atoms with E-state index in [9.17, 15) is 9.90 Å². The summed E-state index contributed by atoms with van der Waals surface area (Å²) in [6.45, 7) is 3.80. The molecule has 1 aliphatic rings. The molecule has 1 saturated carbocycles. The number of nitrogens with zero attached hydrogens (tertiary/aromatic N) is 1. The first-order valence-electron chi connectivity index (χ1n) is 9.65. The van der Waals surface area contributed by atoms with Crippen molar-refractivity contribution < 1.29 is 9.90 Å². The maximum absolute atomic E-state index is 12.1. The van der Waals surface area contributed by atoms with Gasteiger partial charge in [0.25, 0.3) is 0 Å². The second-order valence-electron chi connectivity index (χ2n) is 7.00. The molecular formula is C20H32N4O2. The summed E-state index contributed by atoms with van der Waals surface area (Å²) in [6, 6.07) is 9.39. The molecule has 144 valence electrons. The minimum absolute atomic E-state index is 0.0667. The number of aliphatic hydroxyl groups is 1. The van der Waals surface area contributed by atoms with Crippen LogP contribution < -0.4 is 16.0 Å². The van der Waals surface area contributed by atoms with Crippen LogP contribution in [0.1, 0.15) is 45.4 Å². The Bertz CT molecular complexity index is 563. The van der Waals surface area contributed by atoms with Crippen LogP contribution in [0.25, 0.3) is 0 Å². The Hall–Kier alpha value is -2.08. The van der Waals surface area contributed by atoms with Crippen LogP contribution in [0.15, 0.2) is 35.3 Å². The quantitative estimate of drug-likeness (QED) is 0.424. The highest BCUT2D eigenvalue weighted by Gasteiger charge is 2.31. The van der Waals surface area contributed by atoms with Crippen LogP contribution in [-0.4, -0.2) is 43.2 Å². The van der Waals surface area contributed by atoms with Crippen molar-refractivity contribution in [3.8, 4) is 0 Å². The molecule has 0 radical (unpaired) electrons. The van der Waals surface area contributed by atoms with Crippen LogP contribution in [0.3, 0.4) is 0 Å². The van der Waals surface area contributed by atoms with Crippen molar-refractivity contribution in [2.75, 3.05) is 31.6 Å². The highest BCUT2D eigenvalue weighted by molar-refractivity contribution is 5.94. The summed E-state index contributed by atoms with van der Waals surface area (Å²) in [5, 5.41) is 18.9. The molecule has 0 unspecified atom stereocenters. The van der Waals surface area contributed by atoms with Crippen molar-refractivity contribution in [3.05, 3.63) is 30.3 Å². The standard InChI is InChI=1S/C20H32N4O2/c1-2-21-19(22-15-18(26)24-17-9-5-3-6-10-17)23-16-20(13-14-25)11-7-4-8-12-20/h3,5-6,9-10,25H,2,4,7-8,11-16H2,1H3,(H,24,26)(H2,21,22,23). The fourth-order valence-corrected chi connectivity index (χ4v) is 3.54. The first kappa shape index (κ1) is 20.2. The first-order valence-corrected chi connectivity index (χ1v) is 9.65. The zero-order chi connectivity index (χ0) is 18.7. The van der Waals surface area contributed by atoms with Gasteiger partial charge in [-0.05, 0) is 43.7 Å².